The monoisotopic (exact) mass is 405 g/mol. The van der Waals surface area contributed by atoms with E-state index in [2.05, 4.69) is 82.3 Å². The maximum absolute atomic E-state index is 13.1. The molecule has 1 amide bonds. The van der Waals surface area contributed by atoms with E-state index in [4.69, 9.17) is 0 Å². The number of piperidine rings is 1. The van der Waals surface area contributed by atoms with Crippen LogP contribution in [-0.2, 0) is 11.3 Å². The molecule has 0 aromatic heterocycles. The second kappa shape index (κ2) is 10.2. The van der Waals surface area contributed by atoms with Gasteiger partial charge in [-0.25, -0.2) is 0 Å². The molecule has 0 aliphatic carbocycles. The van der Waals surface area contributed by atoms with E-state index in [1.165, 1.54) is 11.1 Å². The number of amides is 1. The summed E-state index contributed by atoms with van der Waals surface area (Å²) in [6, 6.07) is 21.4. The van der Waals surface area contributed by atoms with Crippen LogP contribution in [0.5, 0.6) is 0 Å². The van der Waals surface area contributed by atoms with Gasteiger partial charge in [0.15, 0.2) is 0 Å². The third-order valence-corrected chi connectivity index (χ3v) is 6.77. The highest BCUT2D eigenvalue weighted by atomic mass is 16.2. The number of hydrogen-bond donors (Lipinski definition) is 0. The number of rotatable bonds is 6. The summed E-state index contributed by atoms with van der Waals surface area (Å²) in [5, 5.41) is 0. The van der Waals surface area contributed by atoms with Crippen LogP contribution in [0.2, 0.25) is 0 Å². The first kappa shape index (κ1) is 21.1. The van der Waals surface area contributed by atoms with Crippen molar-refractivity contribution in [3.05, 3.63) is 71.8 Å². The molecule has 2 aliphatic rings. The van der Waals surface area contributed by atoms with Crippen molar-refractivity contribution in [1.82, 2.24) is 14.7 Å². The number of likely N-dealkylation sites (tertiary alicyclic amines) is 1. The van der Waals surface area contributed by atoms with Crippen molar-refractivity contribution in [3.8, 4) is 0 Å². The molecule has 2 aromatic rings. The van der Waals surface area contributed by atoms with Crippen molar-refractivity contribution in [2.24, 2.45) is 5.92 Å². The molecule has 30 heavy (non-hydrogen) atoms. The van der Waals surface area contributed by atoms with E-state index in [1.54, 1.807) is 0 Å². The molecular weight excluding hydrogens is 370 g/mol. The lowest BCUT2D eigenvalue weighted by Crippen LogP contribution is -2.51. The molecule has 2 aromatic carbocycles. The summed E-state index contributed by atoms with van der Waals surface area (Å²) in [5.41, 5.74) is 2.76. The minimum absolute atomic E-state index is 0.217. The van der Waals surface area contributed by atoms with Crippen LogP contribution in [0.3, 0.4) is 0 Å². The second-order valence-corrected chi connectivity index (χ2v) is 8.97. The fraction of sp³-hybridized carbons (Fsp3) is 0.500. The van der Waals surface area contributed by atoms with E-state index in [0.717, 1.165) is 65.2 Å². The van der Waals surface area contributed by atoms with Gasteiger partial charge in [0.25, 0.3) is 0 Å². The number of nitrogens with zero attached hydrogens (tertiary/aromatic N) is 3. The molecule has 0 saturated carbocycles. The lowest BCUT2D eigenvalue weighted by Gasteiger charge is -2.39. The maximum Gasteiger partial charge on any atom is 0.225 e. The molecule has 2 heterocycles. The highest BCUT2D eigenvalue weighted by Crippen LogP contribution is 2.24. The van der Waals surface area contributed by atoms with Crippen LogP contribution in [-0.4, -0.2) is 66.4 Å². The minimum Gasteiger partial charge on any atom is -0.340 e. The second-order valence-electron chi connectivity index (χ2n) is 8.97. The van der Waals surface area contributed by atoms with Crippen LogP contribution in [0.25, 0.3) is 0 Å². The minimum atomic E-state index is 0.217. The Balaban J connectivity index is 1.19. The van der Waals surface area contributed by atoms with Gasteiger partial charge in [-0.05, 0) is 43.0 Å². The lowest BCUT2D eigenvalue weighted by atomic mass is 9.93. The van der Waals surface area contributed by atoms with Gasteiger partial charge < -0.3 is 9.80 Å². The third-order valence-electron chi connectivity index (χ3n) is 6.77. The zero-order chi connectivity index (χ0) is 20.8. The molecule has 0 bridgehead atoms. The van der Waals surface area contributed by atoms with E-state index in [-0.39, 0.29) is 5.92 Å². The Hall–Kier alpha value is -2.17. The van der Waals surface area contributed by atoms with Crippen LogP contribution < -0.4 is 0 Å². The summed E-state index contributed by atoms with van der Waals surface area (Å²) in [5.74, 6) is 1.15. The van der Waals surface area contributed by atoms with Gasteiger partial charge in [0, 0.05) is 45.2 Å². The number of hydrogen-bond acceptors (Lipinski definition) is 3. The van der Waals surface area contributed by atoms with Gasteiger partial charge in [0.05, 0.1) is 0 Å². The van der Waals surface area contributed by atoms with Gasteiger partial charge in [0.1, 0.15) is 0 Å². The fourth-order valence-electron chi connectivity index (χ4n) is 4.86. The van der Waals surface area contributed by atoms with Crippen molar-refractivity contribution in [2.75, 3.05) is 45.8 Å². The molecule has 1 atom stereocenters. The molecule has 2 aliphatic heterocycles. The zero-order valence-electron chi connectivity index (χ0n) is 18.2. The first-order valence-corrected chi connectivity index (χ1v) is 11.5. The molecule has 1 unspecified atom stereocenters. The maximum atomic E-state index is 13.1. The molecule has 2 fully saturated rings. The standard InChI is InChI=1S/C26H35N3O/c1-22(24-10-6-3-7-11-24)20-27-14-12-25(13-15-27)26(30)29-18-16-28(17-19-29)21-23-8-4-2-5-9-23/h2-11,22,25H,12-21H2,1H3. The quantitative estimate of drug-likeness (QED) is 0.730. The van der Waals surface area contributed by atoms with Gasteiger partial charge >= 0.3 is 0 Å². The van der Waals surface area contributed by atoms with Gasteiger partial charge in [-0.2, -0.15) is 0 Å². The number of carbonyl (C=O) groups excluding carboxylic acids is 1. The Kier molecular flexibility index (Phi) is 7.19. The van der Waals surface area contributed by atoms with Gasteiger partial charge in [-0.1, -0.05) is 67.6 Å². The first-order chi connectivity index (χ1) is 14.7. The van der Waals surface area contributed by atoms with E-state index in [0.29, 0.717) is 11.8 Å². The van der Waals surface area contributed by atoms with Crippen LogP contribution in [0.15, 0.2) is 60.7 Å². The van der Waals surface area contributed by atoms with Crippen molar-refractivity contribution in [2.45, 2.75) is 32.2 Å². The summed E-state index contributed by atoms with van der Waals surface area (Å²) in [6.07, 6.45) is 2.01. The largest absolute Gasteiger partial charge is 0.340 e. The molecular formula is C26H35N3O. The van der Waals surface area contributed by atoms with E-state index in [9.17, 15) is 4.79 Å². The lowest BCUT2D eigenvalue weighted by molar-refractivity contribution is -0.139. The van der Waals surface area contributed by atoms with E-state index < -0.39 is 0 Å². The molecule has 0 radical (unpaired) electrons. The van der Waals surface area contributed by atoms with Crippen LogP contribution in [0.4, 0.5) is 0 Å². The van der Waals surface area contributed by atoms with Crippen molar-refractivity contribution >= 4 is 5.91 Å². The summed E-state index contributed by atoms with van der Waals surface area (Å²) in [7, 11) is 0. The van der Waals surface area contributed by atoms with Gasteiger partial charge in [0.2, 0.25) is 5.91 Å². The number of carbonyl (C=O) groups is 1. The van der Waals surface area contributed by atoms with Crippen molar-refractivity contribution in [3.63, 3.8) is 0 Å². The highest BCUT2D eigenvalue weighted by molar-refractivity contribution is 5.79. The molecule has 4 nitrogen and oxygen atoms in total. The number of piperazine rings is 1. The predicted molar refractivity (Wildman–Crippen MR) is 122 cm³/mol. The summed E-state index contributed by atoms with van der Waals surface area (Å²) < 4.78 is 0. The zero-order valence-corrected chi connectivity index (χ0v) is 18.2. The number of benzene rings is 2. The average molecular weight is 406 g/mol. The van der Waals surface area contributed by atoms with Crippen LogP contribution in [0, 0.1) is 5.92 Å². The molecule has 160 valence electrons. The smallest absolute Gasteiger partial charge is 0.225 e. The fourth-order valence-corrected chi connectivity index (χ4v) is 4.86. The summed E-state index contributed by atoms with van der Waals surface area (Å²) >= 11 is 0. The van der Waals surface area contributed by atoms with Crippen LogP contribution >= 0.6 is 0 Å². The Morgan fingerprint density at radius 2 is 1.43 bits per heavy atom. The molecule has 4 rings (SSSR count). The normalized spacial score (nSPS) is 20.2. The SMILES string of the molecule is CC(CN1CCC(C(=O)N2CCN(Cc3ccccc3)CC2)CC1)c1ccccc1. The van der Waals surface area contributed by atoms with Gasteiger partial charge in [-0.15, -0.1) is 0 Å². The van der Waals surface area contributed by atoms with Crippen molar-refractivity contribution in [1.29, 1.82) is 0 Å². The highest BCUT2D eigenvalue weighted by Gasteiger charge is 2.30. The Labute approximate surface area is 181 Å². The Morgan fingerprint density at radius 3 is 2.07 bits per heavy atom. The predicted octanol–water partition coefficient (Wildman–Crippen LogP) is 3.85. The average Bonchev–Trinajstić information content (AvgIpc) is 2.81. The van der Waals surface area contributed by atoms with Crippen molar-refractivity contribution < 1.29 is 4.79 Å². The summed E-state index contributed by atoms with van der Waals surface area (Å²) in [4.78, 5) is 20.2. The van der Waals surface area contributed by atoms with Crippen LogP contribution in [0.1, 0.15) is 36.8 Å². The topological polar surface area (TPSA) is 26.8 Å². The van der Waals surface area contributed by atoms with E-state index >= 15 is 0 Å². The third kappa shape index (κ3) is 5.50. The first-order valence-electron chi connectivity index (χ1n) is 11.5. The Morgan fingerprint density at radius 1 is 0.833 bits per heavy atom. The molecule has 0 N–H and O–H groups in total. The van der Waals surface area contributed by atoms with Gasteiger partial charge in [-0.3, -0.25) is 9.69 Å². The summed E-state index contributed by atoms with van der Waals surface area (Å²) in [6.45, 7) is 10.2. The molecule has 2 saturated heterocycles. The Bertz CT molecular complexity index is 778. The molecule has 0 spiro atoms. The van der Waals surface area contributed by atoms with E-state index in [1.807, 2.05) is 0 Å². The molecule has 4 heteroatoms.